The summed E-state index contributed by atoms with van der Waals surface area (Å²) in [6, 6.07) is 11.8. The molecule has 0 fully saturated rings. The molecule has 0 heterocycles. The predicted molar refractivity (Wildman–Crippen MR) is 181 cm³/mol. The molecule has 0 radical (unpaired) electrons. The van der Waals surface area contributed by atoms with Gasteiger partial charge < -0.3 is 10.2 Å². The molecule has 2 aromatic carbocycles. The number of para-hydroxylation sites is 2. The van der Waals surface area contributed by atoms with E-state index in [4.69, 9.17) is 0 Å². The fourth-order valence-corrected chi connectivity index (χ4v) is 6.11. The Balaban J connectivity index is 0.00000882. The van der Waals surface area contributed by atoms with Gasteiger partial charge in [0, 0.05) is 0 Å². The molecule has 0 bridgehead atoms. The van der Waals surface area contributed by atoms with Crippen LogP contribution >= 0.6 is 0 Å². The van der Waals surface area contributed by atoms with Crippen molar-refractivity contribution >= 4 is 37.7 Å². The summed E-state index contributed by atoms with van der Waals surface area (Å²) in [7, 11) is 0. The monoisotopic (exact) mass is 602 g/mol. The SMILES string of the molecule is CCCCCCCCCCCCCc1cccc(Cc2cccc(CCCCCCCCCCCCC)c2[O-])c1[O-].[Ca+2]. The van der Waals surface area contributed by atoms with Gasteiger partial charge in [0.2, 0.25) is 0 Å². The van der Waals surface area contributed by atoms with Crippen molar-refractivity contribution in [1.82, 2.24) is 0 Å². The van der Waals surface area contributed by atoms with Crippen LogP contribution in [0.5, 0.6) is 11.5 Å². The van der Waals surface area contributed by atoms with Gasteiger partial charge in [0.15, 0.2) is 0 Å². The zero-order chi connectivity index (χ0) is 29.4. The second-order valence-corrected chi connectivity index (χ2v) is 12.6. The molecule has 0 unspecified atom stereocenters. The molecular formula is C39H62CaO2. The van der Waals surface area contributed by atoms with E-state index in [9.17, 15) is 10.2 Å². The third-order valence-electron chi connectivity index (χ3n) is 8.84. The fraction of sp³-hybridized carbons (Fsp3) is 0.692. The standard InChI is InChI=1S/C39H64O2.Ca/c1-3-5-7-9-11-13-15-17-19-21-23-27-34-29-25-31-36(38(34)40)33-37-32-26-30-35(39(37)41)28-24-22-20-18-16-14-12-10-8-6-4-2;/h25-26,29-32,40-41H,3-24,27-28,33H2,1-2H3;/q;+2/p-2. The predicted octanol–water partition coefficient (Wildman–Crippen LogP) is 10.8. The third kappa shape index (κ3) is 17.6. The first kappa shape index (κ1) is 39.3. The average Bonchev–Trinajstić information content (AvgIpc) is 2.98. The van der Waals surface area contributed by atoms with Gasteiger partial charge in [0.25, 0.3) is 0 Å². The minimum Gasteiger partial charge on any atom is -0.872 e. The van der Waals surface area contributed by atoms with Crippen LogP contribution in [0.3, 0.4) is 0 Å². The van der Waals surface area contributed by atoms with Crippen molar-refractivity contribution < 1.29 is 10.2 Å². The molecule has 0 atom stereocenters. The molecule has 2 rings (SSSR count). The Hall–Kier alpha value is -0.700. The van der Waals surface area contributed by atoms with Crippen LogP contribution in [0, 0.1) is 0 Å². The number of hydrogen-bond donors (Lipinski definition) is 0. The topological polar surface area (TPSA) is 46.1 Å². The fourth-order valence-electron chi connectivity index (χ4n) is 6.11. The Morgan fingerprint density at radius 3 is 0.952 bits per heavy atom. The Morgan fingerprint density at radius 1 is 0.381 bits per heavy atom. The molecule has 0 aliphatic carbocycles. The van der Waals surface area contributed by atoms with E-state index >= 15 is 0 Å². The van der Waals surface area contributed by atoms with E-state index in [-0.39, 0.29) is 49.2 Å². The molecule has 0 aliphatic rings. The van der Waals surface area contributed by atoms with Gasteiger partial charge in [-0.25, -0.2) is 0 Å². The zero-order valence-electron chi connectivity index (χ0n) is 27.7. The van der Waals surface area contributed by atoms with Crippen LogP contribution in [-0.4, -0.2) is 37.7 Å². The summed E-state index contributed by atoms with van der Waals surface area (Å²) in [4.78, 5) is 0. The summed E-state index contributed by atoms with van der Waals surface area (Å²) in [5.74, 6) is 0.296. The number of hydrogen-bond acceptors (Lipinski definition) is 2. The van der Waals surface area contributed by atoms with Gasteiger partial charge in [-0.15, -0.1) is 11.5 Å². The summed E-state index contributed by atoms with van der Waals surface area (Å²) < 4.78 is 0. The van der Waals surface area contributed by atoms with Gasteiger partial charge in [0.05, 0.1) is 0 Å². The smallest absolute Gasteiger partial charge is 0.872 e. The number of aryl methyl sites for hydroxylation is 2. The van der Waals surface area contributed by atoms with Crippen LogP contribution in [0.15, 0.2) is 36.4 Å². The van der Waals surface area contributed by atoms with Crippen molar-refractivity contribution in [3.05, 3.63) is 58.7 Å². The number of rotatable bonds is 26. The molecular weight excluding hydrogens is 541 g/mol. The van der Waals surface area contributed by atoms with Gasteiger partial charge in [-0.2, -0.15) is 0 Å². The van der Waals surface area contributed by atoms with Gasteiger partial charge in [-0.1, -0.05) is 201 Å². The van der Waals surface area contributed by atoms with E-state index in [0.29, 0.717) is 6.42 Å². The van der Waals surface area contributed by atoms with Crippen LogP contribution in [0.4, 0.5) is 0 Å². The normalized spacial score (nSPS) is 11.1. The largest absolute Gasteiger partial charge is 2.00 e. The first-order valence-electron chi connectivity index (χ1n) is 17.7. The van der Waals surface area contributed by atoms with Crippen LogP contribution in [-0.2, 0) is 19.3 Å². The summed E-state index contributed by atoms with van der Waals surface area (Å²) in [6.07, 6.45) is 31.1. The minimum absolute atomic E-state index is 0. The first-order valence-corrected chi connectivity index (χ1v) is 17.7. The maximum atomic E-state index is 13.2. The van der Waals surface area contributed by atoms with Crippen molar-refractivity contribution in [3.8, 4) is 11.5 Å². The molecule has 0 saturated carbocycles. The third-order valence-corrected chi connectivity index (χ3v) is 8.84. The average molecular weight is 603 g/mol. The molecule has 0 saturated heterocycles. The maximum Gasteiger partial charge on any atom is 2.00 e. The molecule has 2 nitrogen and oxygen atoms in total. The van der Waals surface area contributed by atoms with Gasteiger partial charge >= 0.3 is 37.7 Å². The molecule has 232 valence electrons. The van der Waals surface area contributed by atoms with E-state index in [1.165, 1.54) is 128 Å². The molecule has 0 spiro atoms. The molecule has 2 aromatic rings. The molecule has 0 aromatic heterocycles. The Kier molecular flexibility index (Phi) is 25.0. The summed E-state index contributed by atoms with van der Waals surface area (Å²) in [5, 5.41) is 26.3. The second-order valence-electron chi connectivity index (χ2n) is 12.6. The minimum atomic E-state index is 0. The van der Waals surface area contributed by atoms with Crippen LogP contribution < -0.4 is 10.2 Å². The zero-order valence-corrected chi connectivity index (χ0v) is 29.9. The van der Waals surface area contributed by atoms with Crippen molar-refractivity contribution in [2.75, 3.05) is 0 Å². The maximum absolute atomic E-state index is 13.2. The number of benzene rings is 2. The van der Waals surface area contributed by atoms with Gasteiger partial charge in [-0.3, -0.25) is 0 Å². The van der Waals surface area contributed by atoms with E-state index in [0.717, 1.165) is 47.9 Å². The molecule has 42 heavy (non-hydrogen) atoms. The van der Waals surface area contributed by atoms with Crippen molar-refractivity contribution in [1.29, 1.82) is 0 Å². The molecule has 0 aliphatic heterocycles. The molecule has 0 amide bonds. The Morgan fingerprint density at radius 2 is 0.643 bits per heavy atom. The Bertz CT molecular complexity index is 836. The van der Waals surface area contributed by atoms with E-state index in [2.05, 4.69) is 13.8 Å². The van der Waals surface area contributed by atoms with E-state index < -0.39 is 0 Å². The Labute approximate surface area is 290 Å². The van der Waals surface area contributed by atoms with Crippen molar-refractivity contribution in [3.63, 3.8) is 0 Å². The van der Waals surface area contributed by atoms with Gasteiger partial charge in [0.1, 0.15) is 0 Å². The quantitative estimate of drug-likeness (QED) is 0.0794. The summed E-state index contributed by atoms with van der Waals surface area (Å²) >= 11 is 0. The summed E-state index contributed by atoms with van der Waals surface area (Å²) in [6.45, 7) is 4.54. The summed E-state index contributed by atoms with van der Waals surface area (Å²) in [5.41, 5.74) is 3.38. The molecule has 3 heteroatoms. The van der Waals surface area contributed by atoms with E-state index in [1.807, 2.05) is 36.4 Å². The van der Waals surface area contributed by atoms with Crippen molar-refractivity contribution in [2.45, 2.75) is 174 Å². The van der Waals surface area contributed by atoms with Crippen LogP contribution in [0.1, 0.15) is 177 Å². The van der Waals surface area contributed by atoms with Gasteiger partial charge in [-0.05, 0) is 32.1 Å². The second kappa shape index (κ2) is 26.7. The van der Waals surface area contributed by atoms with E-state index in [1.54, 1.807) is 0 Å². The molecule has 0 N–H and O–H groups in total. The number of unbranched alkanes of at least 4 members (excludes halogenated alkanes) is 20. The van der Waals surface area contributed by atoms with Crippen LogP contribution in [0.2, 0.25) is 0 Å². The van der Waals surface area contributed by atoms with Crippen molar-refractivity contribution in [2.24, 2.45) is 0 Å². The first-order chi connectivity index (χ1) is 20.2. The van der Waals surface area contributed by atoms with Crippen LogP contribution in [0.25, 0.3) is 0 Å².